The summed E-state index contributed by atoms with van der Waals surface area (Å²) in [5.74, 6) is -0.634. The van der Waals surface area contributed by atoms with Gasteiger partial charge in [-0.05, 0) is 32.0 Å². The van der Waals surface area contributed by atoms with Gasteiger partial charge in [-0.25, -0.2) is 4.39 Å². The number of carbonyl (C=O) groups excluding carboxylic acids is 2. The van der Waals surface area contributed by atoms with Crippen LogP contribution in [0, 0.1) is 11.2 Å². The van der Waals surface area contributed by atoms with Crippen molar-refractivity contribution in [3.63, 3.8) is 0 Å². The van der Waals surface area contributed by atoms with Gasteiger partial charge in [-0.1, -0.05) is 13.8 Å². The third-order valence-corrected chi connectivity index (χ3v) is 6.47. The van der Waals surface area contributed by atoms with E-state index in [0.717, 1.165) is 0 Å². The lowest BCUT2D eigenvalue weighted by Crippen LogP contribution is -2.76. The molecule has 0 aromatic heterocycles. The molecule has 2 atom stereocenters. The number of rotatable bonds is 5. The topological polar surface area (TPSA) is 75.9 Å². The van der Waals surface area contributed by atoms with Gasteiger partial charge in [-0.2, -0.15) is 0 Å². The summed E-state index contributed by atoms with van der Waals surface area (Å²) in [5.41, 5.74) is 5.98. The second kappa shape index (κ2) is 7.44. The molecule has 28 heavy (non-hydrogen) atoms. The Kier molecular flexibility index (Phi) is 5.51. The maximum atomic E-state index is 14.4. The largest absolute Gasteiger partial charge is 0.378 e. The molecule has 6 nitrogen and oxygen atoms in total. The SMILES string of the molecule is CCOC1CC(N)(C(=O)N2CCN(c3ccc(C(C)=O)cc3F)CC2)C1(C)C. The highest BCUT2D eigenvalue weighted by atomic mass is 19.1. The summed E-state index contributed by atoms with van der Waals surface area (Å²) in [7, 11) is 0. The fourth-order valence-electron chi connectivity index (χ4n) is 4.21. The van der Waals surface area contributed by atoms with E-state index in [1.165, 1.54) is 13.0 Å². The average Bonchev–Trinajstić information content (AvgIpc) is 2.67. The molecule has 3 rings (SSSR count). The number of ketones is 1. The number of benzene rings is 1. The summed E-state index contributed by atoms with van der Waals surface area (Å²) in [6.07, 6.45) is 0.509. The first-order valence-electron chi connectivity index (χ1n) is 9.87. The van der Waals surface area contributed by atoms with Gasteiger partial charge in [0.2, 0.25) is 5.91 Å². The molecule has 154 valence electrons. The van der Waals surface area contributed by atoms with E-state index in [0.29, 0.717) is 50.5 Å². The van der Waals surface area contributed by atoms with Crippen molar-refractivity contribution in [2.75, 3.05) is 37.7 Å². The fourth-order valence-corrected chi connectivity index (χ4v) is 4.21. The predicted octanol–water partition coefficient (Wildman–Crippen LogP) is 2.21. The number of piperazine rings is 1. The van der Waals surface area contributed by atoms with Crippen LogP contribution >= 0.6 is 0 Å². The number of nitrogens with zero attached hydrogens (tertiary/aromatic N) is 2. The summed E-state index contributed by atoms with van der Waals surface area (Å²) in [6.45, 7) is 9.94. The molecule has 2 N–H and O–H groups in total. The van der Waals surface area contributed by atoms with E-state index >= 15 is 0 Å². The van der Waals surface area contributed by atoms with Crippen molar-refractivity contribution in [1.82, 2.24) is 4.90 Å². The molecule has 1 aliphatic carbocycles. The molecule has 1 saturated heterocycles. The van der Waals surface area contributed by atoms with Crippen molar-refractivity contribution in [3.05, 3.63) is 29.6 Å². The monoisotopic (exact) mass is 391 g/mol. The fraction of sp³-hybridized carbons (Fsp3) is 0.619. The van der Waals surface area contributed by atoms with Gasteiger partial charge in [0.15, 0.2) is 5.78 Å². The molecular weight excluding hydrogens is 361 g/mol. The van der Waals surface area contributed by atoms with Gasteiger partial charge in [-0.3, -0.25) is 9.59 Å². The highest BCUT2D eigenvalue weighted by Gasteiger charge is 2.63. The zero-order chi connectivity index (χ0) is 20.7. The zero-order valence-electron chi connectivity index (χ0n) is 17.1. The quantitative estimate of drug-likeness (QED) is 0.779. The lowest BCUT2D eigenvalue weighted by Gasteiger charge is -2.59. The molecule has 7 heteroatoms. The molecule has 2 aliphatic rings. The Bertz CT molecular complexity index is 774. The lowest BCUT2D eigenvalue weighted by molar-refractivity contribution is -0.179. The standard InChI is InChI=1S/C21H30FN3O3/c1-5-28-18-13-21(23,20(18,3)4)19(27)25-10-8-24(9-11-25)17-7-6-15(14(2)26)12-16(17)22/h6-7,12,18H,5,8-11,13,23H2,1-4H3. The van der Waals surface area contributed by atoms with Crippen LogP contribution in [0.5, 0.6) is 0 Å². The Labute approximate surface area is 165 Å². The van der Waals surface area contributed by atoms with Crippen LogP contribution in [0.2, 0.25) is 0 Å². The molecule has 1 aromatic rings. The maximum Gasteiger partial charge on any atom is 0.243 e. The maximum absolute atomic E-state index is 14.4. The first-order valence-corrected chi connectivity index (χ1v) is 9.87. The minimum absolute atomic E-state index is 0.0124. The summed E-state index contributed by atoms with van der Waals surface area (Å²) in [6, 6.07) is 4.54. The molecule has 0 radical (unpaired) electrons. The Balaban J connectivity index is 1.64. The molecule has 1 amide bonds. The van der Waals surface area contributed by atoms with E-state index in [1.807, 2.05) is 25.7 Å². The highest BCUT2D eigenvalue weighted by Crippen LogP contribution is 2.50. The van der Waals surface area contributed by atoms with E-state index < -0.39 is 16.8 Å². The van der Waals surface area contributed by atoms with E-state index in [4.69, 9.17) is 10.5 Å². The Hall–Kier alpha value is -1.99. The number of hydrogen-bond acceptors (Lipinski definition) is 5. The van der Waals surface area contributed by atoms with Crippen LogP contribution in [-0.2, 0) is 9.53 Å². The van der Waals surface area contributed by atoms with Crippen LogP contribution in [-0.4, -0.2) is 61.0 Å². The Morgan fingerprint density at radius 1 is 1.25 bits per heavy atom. The number of carbonyl (C=O) groups is 2. The summed E-state index contributed by atoms with van der Waals surface area (Å²) < 4.78 is 20.1. The van der Waals surface area contributed by atoms with Crippen LogP contribution in [0.3, 0.4) is 0 Å². The van der Waals surface area contributed by atoms with Crippen molar-refractivity contribution >= 4 is 17.4 Å². The highest BCUT2D eigenvalue weighted by molar-refractivity contribution is 5.94. The first-order chi connectivity index (χ1) is 13.1. The minimum Gasteiger partial charge on any atom is -0.378 e. The second-order valence-electron chi connectivity index (χ2n) is 8.34. The Morgan fingerprint density at radius 2 is 1.89 bits per heavy atom. The van der Waals surface area contributed by atoms with Crippen molar-refractivity contribution < 1.29 is 18.7 Å². The van der Waals surface area contributed by atoms with Gasteiger partial charge in [0.1, 0.15) is 11.4 Å². The molecule has 1 saturated carbocycles. The van der Waals surface area contributed by atoms with Gasteiger partial charge in [0.25, 0.3) is 0 Å². The molecule has 2 unspecified atom stereocenters. The number of Topliss-reactive ketones (excluding diaryl/α,β-unsaturated/α-hetero) is 1. The van der Waals surface area contributed by atoms with Crippen molar-refractivity contribution in [2.24, 2.45) is 11.1 Å². The van der Waals surface area contributed by atoms with E-state index in [9.17, 15) is 14.0 Å². The van der Waals surface area contributed by atoms with Crippen LogP contribution in [0.1, 0.15) is 44.5 Å². The summed E-state index contributed by atoms with van der Waals surface area (Å²) in [4.78, 5) is 28.2. The number of halogens is 1. The number of anilines is 1. The Morgan fingerprint density at radius 3 is 2.39 bits per heavy atom. The lowest BCUT2D eigenvalue weighted by atomic mass is 9.54. The second-order valence-corrected chi connectivity index (χ2v) is 8.34. The molecular formula is C21H30FN3O3. The van der Waals surface area contributed by atoms with Gasteiger partial charge in [0.05, 0.1) is 11.8 Å². The summed E-state index contributed by atoms with van der Waals surface area (Å²) >= 11 is 0. The van der Waals surface area contributed by atoms with Crippen molar-refractivity contribution in [3.8, 4) is 0 Å². The molecule has 2 fully saturated rings. The molecule has 0 spiro atoms. The third kappa shape index (κ3) is 3.31. The smallest absolute Gasteiger partial charge is 0.243 e. The van der Waals surface area contributed by atoms with E-state index in [-0.39, 0.29) is 17.8 Å². The molecule has 1 aliphatic heterocycles. The molecule has 1 aromatic carbocycles. The number of nitrogens with two attached hydrogens (primary N) is 1. The number of ether oxygens (including phenoxy) is 1. The van der Waals surface area contributed by atoms with Crippen LogP contribution < -0.4 is 10.6 Å². The van der Waals surface area contributed by atoms with E-state index in [2.05, 4.69) is 0 Å². The number of amides is 1. The molecule has 0 bridgehead atoms. The van der Waals surface area contributed by atoms with Crippen molar-refractivity contribution in [1.29, 1.82) is 0 Å². The van der Waals surface area contributed by atoms with Gasteiger partial charge in [0, 0.05) is 50.2 Å². The average molecular weight is 391 g/mol. The van der Waals surface area contributed by atoms with Crippen molar-refractivity contribution in [2.45, 2.75) is 45.8 Å². The normalized spacial score (nSPS) is 26.7. The van der Waals surface area contributed by atoms with Crippen LogP contribution in [0.15, 0.2) is 18.2 Å². The number of hydrogen-bond donors (Lipinski definition) is 1. The molecule has 1 heterocycles. The minimum atomic E-state index is -0.927. The summed E-state index contributed by atoms with van der Waals surface area (Å²) in [5, 5.41) is 0. The third-order valence-electron chi connectivity index (χ3n) is 6.47. The van der Waals surface area contributed by atoms with Crippen LogP contribution in [0.4, 0.5) is 10.1 Å². The first kappa shape index (κ1) is 20.7. The van der Waals surface area contributed by atoms with Crippen LogP contribution in [0.25, 0.3) is 0 Å². The van der Waals surface area contributed by atoms with Gasteiger partial charge >= 0.3 is 0 Å². The van der Waals surface area contributed by atoms with Gasteiger partial charge in [-0.15, -0.1) is 0 Å². The zero-order valence-corrected chi connectivity index (χ0v) is 17.1. The van der Waals surface area contributed by atoms with E-state index in [1.54, 1.807) is 17.0 Å². The van der Waals surface area contributed by atoms with Gasteiger partial charge < -0.3 is 20.3 Å². The predicted molar refractivity (Wildman–Crippen MR) is 106 cm³/mol.